The monoisotopic (exact) mass is 615 g/mol. The van der Waals surface area contributed by atoms with Crippen LogP contribution in [-0.2, 0) is 21.7 Å². The van der Waals surface area contributed by atoms with E-state index in [0.717, 1.165) is 5.88 Å². The Balaban J connectivity index is 1.83. The molecule has 0 amide bonds. The van der Waals surface area contributed by atoms with Crippen molar-refractivity contribution in [3.8, 4) is 22.3 Å². The van der Waals surface area contributed by atoms with Crippen LogP contribution < -0.4 is 4.90 Å². The first-order valence-corrected chi connectivity index (χ1v) is 17.4. The van der Waals surface area contributed by atoms with E-state index >= 15 is 0 Å². The van der Waals surface area contributed by atoms with E-state index in [-0.39, 0.29) is 21.7 Å². The number of para-hydroxylation sites is 1. The lowest BCUT2D eigenvalue weighted by atomic mass is 9.77. The van der Waals surface area contributed by atoms with E-state index < -0.39 is 0 Å². The Morgan fingerprint density at radius 2 is 0.867 bits per heavy atom. The summed E-state index contributed by atoms with van der Waals surface area (Å²) in [5.41, 5.74) is 13.4. The topological polar surface area (TPSA) is 3.24 Å². The van der Waals surface area contributed by atoms with Gasteiger partial charge in [-0.1, -0.05) is 168 Å². The van der Waals surface area contributed by atoms with E-state index in [0.29, 0.717) is 0 Å². The zero-order valence-corrected chi connectivity index (χ0v) is 30.5. The summed E-state index contributed by atoms with van der Waals surface area (Å²) in [4.78, 5) is 3.81. The first-order valence-electron chi connectivity index (χ1n) is 16.4. The molecule has 0 bridgehead atoms. The van der Waals surface area contributed by atoms with Gasteiger partial charge in [0, 0.05) is 22.2 Å². The SMILES string of the molecule is CC(C)(C)c1cc(-c2cccc(-c3cc(C(C)(C)C)cc(C(C)(C)C)c3)c2N2C=C(c3ccccc3)SC2)cc(C(C)(C)C)c1. The van der Waals surface area contributed by atoms with Crippen LogP contribution in [0.4, 0.5) is 5.69 Å². The first-order chi connectivity index (χ1) is 20.8. The minimum atomic E-state index is 0.0420. The summed E-state index contributed by atoms with van der Waals surface area (Å²) in [6.07, 6.45) is 2.37. The van der Waals surface area contributed by atoms with Crippen molar-refractivity contribution in [1.82, 2.24) is 0 Å². The van der Waals surface area contributed by atoms with Crippen molar-refractivity contribution in [2.45, 2.75) is 105 Å². The molecule has 5 rings (SSSR count). The van der Waals surface area contributed by atoms with Gasteiger partial charge in [0.1, 0.15) is 0 Å². The molecule has 0 spiro atoms. The number of hydrogen-bond acceptors (Lipinski definition) is 2. The van der Waals surface area contributed by atoms with Gasteiger partial charge in [-0.25, -0.2) is 0 Å². The average Bonchev–Trinajstić information content (AvgIpc) is 3.45. The maximum atomic E-state index is 2.50. The molecule has 0 radical (unpaired) electrons. The van der Waals surface area contributed by atoms with Crippen molar-refractivity contribution in [1.29, 1.82) is 0 Å². The molecule has 0 atom stereocenters. The zero-order valence-electron chi connectivity index (χ0n) is 29.7. The molecule has 1 nitrogen and oxygen atoms in total. The zero-order chi connectivity index (χ0) is 32.9. The van der Waals surface area contributed by atoms with E-state index in [4.69, 9.17) is 0 Å². The van der Waals surface area contributed by atoms with Gasteiger partial charge in [-0.3, -0.25) is 0 Å². The number of anilines is 1. The van der Waals surface area contributed by atoms with Crippen LogP contribution >= 0.6 is 11.8 Å². The molecule has 1 heterocycles. The maximum Gasteiger partial charge on any atom is 0.0730 e. The van der Waals surface area contributed by atoms with E-state index in [1.807, 2.05) is 11.8 Å². The highest BCUT2D eigenvalue weighted by Crippen LogP contribution is 2.47. The third kappa shape index (κ3) is 7.28. The Bertz CT molecular complexity index is 1560. The van der Waals surface area contributed by atoms with Gasteiger partial charge in [0.05, 0.1) is 11.6 Å². The Hall–Kier alpha value is -3.23. The Kier molecular flexibility index (Phi) is 8.73. The minimum Gasteiger partial charge on any atom is -0.336 e. The molecule has 236 valence electrons. The molecular formula is C43H53NS. The number of rotatable bonds is 4. The van der Waals surface area contributed by atoms with E-state index in [1.54, 1.807) is 0 Å². The number of benzene rings is 4. The summed E-state index contributed by atoms with van der Waals surface area (Å²) in [6, 6.07) is 32.4. The second kappa shape index (κ2) is 11.8. The summed E-state index contributed by atoms with van der Waals surface area (Å²) in [5.74, 6) is 0.879. The maximum absolute atomic E-state index is 2.50. The standard InChI is InChI=1S/C43H53NS/c1-40(2,3)32-21-30(22-33(25-32)41(4,5)6)36-19-16-20-37(31-23-34(42(7,8)9)26-35(24-31)43(10,11)12)39(36)44-27-38(45-28-44)29-17-14-13-15-18-29/h13-27H,28H2,1-12H3. The third-order valence-electron chi connectivity index (χ3n) is 8.97. The van der Waals surface area contributed by atoms with Gasteiger partial charge < -0.3 is 4.90 Å². The molecule has 0 aliphatic carbocycles. The second-order valence-corrected chi connectivity index (χ2v) is 17.9. The molecule has 1 aliphatic heterocycles. The van der Waals surface area contributed by atoms with Crippen molar-refractivity contribution < 1.29 is 0 Å². The van der Waals surface area contributed by atoms with Crippen molar-refractivity contribution in [3.05, 3.63) is 119 Å². The summed E-state index contributed by atoms with van der Waals surface area (Å²) >= 11 is 1.92. The molecular weight excluding hydrogens is 563 g/mol. The van der Waals surface area contributed by atoms with E-state index in [2.05, 4.69) is 179 Å². The van der Waals surface area contributed by atoms with Gasteiger partial charge in [-0.05, 0) is 60.6 Å². The molecule has 0 fully saturated rings. The van der Waals surface area contributed by atoms with Crippen LogP contribution in [-0.4, -0.2) is 5.88 Å². The minimum absolute atomic E-state index is 0.0420. The number of thioether (sulfide) groups is 1. The highest BCUT2D eigenvalue weighted by atomic mass is 32.2. The predicted molar refractivity (Wildman–Crippen MR) is 201 cm³/mol. The van der Waals surface area contributed by atoms with Gasteiger partial charge in [-0.2, -0.15) is 0 Å². The molecule has 0 saturated carbocycles. The second-order valence-electron chi connectivity index (χ2n) is 16.9. The lowest BCUT2D eigenvalue weighted by Gasteiger charge is -2.29. The highest BCUT2D eigenvalue weighted by Gasteiger charge is 2.27. The van der Waals surface area contributed by atoms with Crippen molar-refractivity contribution in [2.24, 2.45) is 0 Å². The summed E-state index contributed by atoms with van der Waals surface area (Å²) < 4.78 is 0. The molecule has 2 heteroatoms. The third-order valence-corrected chi connectivity index (χ3v) is 10.0. The van der Waals surface area contributed by atoms with Gasteiger partial charge in [0.2, 0.25) is 0 Å². The Morgan fingerprint density at radius 3 is 1.24 bits per heavy atom. The largest absolute Gasteiger partial charge is 0.336 e. The van der Waals surface area contributed by atoms with Crippen LogP contribution in [0.1, 0.15) is 111 Å². The van der Waals surface area contributed by atoms with E-state index in [1.165, 1.54) is 60.7 Å². The smallest absolute Gasteiger partial charge is 0.0730 e. The van der Waals surface area contributed by atoms with Gasteiger partial charge in [0.25, 0.3) is 0 Å². The lowest BCUT2D eigenvalue weighted by molar-refractivity contribution is 0.568. The Morgan fingerprint density at radius 1 is 0.467 bits per heavy atom. The Labute approximate surface area is 278 Å². The van der Waals surface area contributed by atoms with Crippen LogP contribution in [0.15, 0.2) is 91.1 Å². The number of hydrogen-bond donors (Lipinski definition) is 0. The fourth-order valence-electron chi connectivity index (χ4n) is 5.86. The first kappa shape index (κ1) is 33.1. The van der Waals surface area contributed by atoms with Crippen molar-refractivity contribution in [3.63, 3.8) is 0 Å². The van der Waals surface area contributed by atoms with Crippen LogP contribution in [0, 0.1) is 0 Å². The molecule has 0 saturated heterocycles. The summed E-state index contributed by atoms with van der Waals surface area (Å²) in [7, 11) is 0. The lowest BCUT2D eigenvalue weighted by Crippen LogP contribution is -2.18. The molecule has 4 aromatic rings. The molecule has 0 N–H and O–H groups in total. The molecule has 4 aromatic carbocycles. The predicted octanol–water partition coefficient (Wildman–Crippen LogP) is 12.7. The normalized spacial score (nSPS) is 14.6. The fraction of sp³-hybridized carbons (Fsp3) is 0.395. The quantitative estimate of drug-likeness (QED) is 0.225. The van der Waals surface area contributed by atoms with Crippen LogP contribution in [0.3, 0.4) is 0 Å². The molecule has 1 aliphatic rings. The molecule has 45 heavy (non-hydrogen) atoms. The fourth-order valence-corrected chi connectivity index (χ4v) is 6.85. The van der Waals surface area contributed by atoms with Crippen molar-refractivity contribution >= 4 is 22.4 Å². The van der Waals surface area contributed by atoms with Gasteiger partial charge in [0.15, 0.2) is 0 Å². The van der Waals surface area contributed by atoms with Gasteiger partial charge >= 0.3 is 0 Å². The van der Waals surface area contributed by atoms with Crippen LogP contribution in [0.5, 0.6) is 0 Å². The summed E-state index contributed by atoms with van der Waals surface area (Å²) in [5, 5.41) is 0. The molecule has 0 aromatic heterocycles. The summed E-state index contributed by atoms with van der Waals surface area (Å²) in [6.45, 7) is 27.9. The highest BCUT2D eigenvalue weighted by molar-refractivity contribution is 8.08. The van der Waals surface area contributed by atoms with Crippen LogP contribution in [0.2, 0.25) is 0 Å². The van der Waals surface area contributed by atoms with Crippen LogP contribution in [0.25, 0.3) is 27.2 Å². The van der Waals surface area contributed by atoms with Crippen molar-refractivity contribution in [2.75, 3.05) is 10.8 Å². The average molecular weight is 616 g/mol. The number of nitrogens with zero attached hydrogens (tertiary/aromatic N) is 1. The van der Waals surface area contributed by atoms with E-state index in [9.17, 15) is 0 Å². The molecule has 0 unspecified atom stereocenters. The van der Waals surface area contributed by atoms with Gasteiger partial charge in [-0.15, -0.1) is 11.8 Å².